The summed E-state index contributed by atoms with van der Waals surface area (Å²) in [5, 5.41) is 14.1. The Hall–Kier alpha value is -0.770. The molecule has 0 heterocycles. The highest BCUT2D eigenvalue weighted by molar-refractivity contribution is 5.73. The third-order valence-corrected chi connectivity index (χ3v) is 1.99. The lowest BCUT2D eigenvalue weighted by Crippen LogP contribution is -2.41. The van der Waals surface area contributed by atoms with Crippen LogP contribution in [0.5, 0.6) is 0 Å². The molecule has 1 aliphatic rings. The summed E-state index contributed by atoms with van der Waals surface area (Å²) in [4.78, 5) is 10.7. The molecule has 1 fully saturated rings. The van der Waals surface area contributed by atoms with Gasteiger partial charge in [-0.3, -0.25) is 0 Å². The summed E-state index contributed by atoms with van der Waals surface area (Å²) < 4.78 is 0. The van der Waals surface area contributed by atoms with Gasteiger partial charge in [0.05, 0.1) is 6.10 Å². The number of aliphatic hydroxyl groups is 1. The second kappa shape index (κ2) is 3.57. The summed E-state index contributed by atoms with van der Waals surface area (Å²) in [7, 11) is 1.59. The number of rotatable bonds is 2. The highest BCUT2D eigenvalue weighted by Crippen LogP contribution is 2.25. The fourth-order valence-corrected chi connectivity index (χ4v) is 1.19. The molecule has 0 atom stereocenters. The van der Waals surface area contributed by atoms with Crippen molar-refractivity contribution in [3.05, 3.63) is 0 Å². The van der Waals surface area contributed by atoms with Gasteiger partial charge in [0, 0.05) is 13.6 Å². The molecule has 0 aromatic carbocycles. The van der Waals surface area contributed by atoms with Crippen LogP contribution >= 0.6 is 0 Å². The van der Waals surface area contributed by atoms with Crippen molar-refractivity contribution in [3.8, 4) is 0 Å². The number of urea groups is 1. The standard InChI is InChI=1S/C7H14N2O2/c1-8-7(11)9-4-5-2-6(10)3-5/h5-6,10H,2-4H2,1H3,(H2,8,9,11). The molecular weight excluding hydrogens is 144 g/mol. The van der Waals surface area contributed by atoms with Gasteiger partial charge in [-0.25, -0.2) is 4.79 Å². The predicted octanol–water partition coefficient (Wildman–Crippen LogP) is -0.314. The van der Waals surface area contributed by atoms with Crippen molar-refractivity contribution in [1.29, 1.82) is 0 Å². The van der Waals surface area contributed by atoms with E-state index in [0.29, 0.717) is 12.5 Å². The largest absolute Gasteiger partial charge is 0.393 e. The maximum atomic E-state index is 10.7. The smallest absolute Gasteiger partial charge is 0.314 e. The van der Waals surface area contributed by atoms with E-state index in [2.05, 4.69) is 10.6 Å². The Bertz CT molecular complexity index is 143. The number of nitrogens with one attached hydrogen (secondary N) is 2. The van der Waals surface area contributed by atoms with Gasteiger partial charge in [-0.15, -0.1) is 0 Å². The summed E-state index contributed by atoms with van der Waals surface area (Å²) in [5.74, 6) is 0.474. The van der Waals surface area contributed by atoms with E-state index in [-0.39, 0.29) is 12.1 Å². The molecule has 0 unspecified atom stereocenters. The van der Waals surface area contributed by atoms with Crippen LogP contribution < -0.4 is 10.6 Å². The van der Waals surface area contributed by atoms with Gasteiger partial charge in [-0.2, -0.15) is 0 Å². The van der Waals surface area contributed by atoms with E-state index in [4.69, 9.17) is 5.11 Å². The Balaban J connectivity index is 2.00. The molecule has 4 nitrogen and oxygen atoms in total. The number of aliphatic hydroxyl groups excluding tert-OH is 1. The summed E-state index contributed by atoms with van der Waals surface area (Å²) >= 11 is 0. The molecule has 0 radical (unpaired) electrons. The van der Waals surface area contributed by atoms with E-state index >= 15 is 0 Å². The zero-order chi connectivity index (χ0) is 8.27. The second-order valence-electron chi connectivity index (χ2n) is 2.95. The Kier molecular flexibility index (Phi) is 2.70. The van der Waals surface area contributed by atoms with Gasteiger partial charge in [0.25, 0.3) is 0 Å². The monoisotopic (exact) mass is 158 g/mol. The van der Waals surface area contributed by atoms with Gasteiger partial charge >= 0.3 is 6.03 Å². The average Bonchev–Trinajstić information content (AvgIpc) is 1.95. The van der Waals surface area contributed by atoms with Gasteiger partial charge in [-0.1, -0.05) is 0 Å². The Morgan fingerprint density at radius 2 is 2.27 bits per heavy atom. The molecule has 0 spiro atoms. The highest BCUT2D eigenvalue weighted by Gasteiger charge is 2.26. The van der Waals surface area contributed by atoms with E-state index in [1.807, 2.05) is 0 Å². The first kappa shape index (κ1) is 8.33. The molecule has 1 aliphatic carbocycles. The van der Waals surface area contributed by atoms with E-state index in [1.54, 1.807) is 7.05 Å². The summed E-state index contributed by atoms with van der Waals surface area (Å²) in [6.07, 6.45) is 1.51. The fraction of sp³-hybridized carbons (Fsp3) is 0.857. The Morgan fingerprint density at radius 3 is 2.73 bits per heavy atom. The van der Waals surface area contributed by atoms with Crippen LogP contribution in [0.4, 0.5) is 4.79 Å². The van der Waals surface area contributed by atoms with Crippen molar-refractivity contribution in [1.82, 2.24) is 10.6 Å². The quantitative estimate of drug-likeness (QED) is 0.516. The summed E-state index contributed by atoms with van der Waals surface area (Å²) in [6.45, 7) is 0.677. The Morgan fingerprint density at radius 1 is 1.64 bits per heavy atom. The molecule has 0 aromatic heterocycles. The van der Waals surface area contributed by atoms with Crippen LogP contribution in [0.15, 0.2) is 0 Å². The molecule has 0 aliphatic heterocycles. The van der Waals surface area contributed by atoms with E-state index in [1.165, 1.54) is 0 Å². The maximum Gasteiger partial charge on any atom is 0.314 e. The Labute approximate surface area is 66.0 Å². The van der Waals surface area contributed by atoms with Crippen molar-refractivity contribution in [3.63, 3.8) is 0 Å². The second-order valence-corrected chi connectivity index (χ2v) is 2.95. The zero-order valence-electron chi connectivity index (χ0n) is 6.63. The minimum absolute atomic E-state index is 0.133. The molecule has 0 saturated heterocycles. The lowest BCUT2D eigenvalue weighted by Gasteiger charge is -2.31. The number of hydrogen-bond acceptors (Lipinski definition) is 2. The van der Waals surface area contributed by atoms with Gasteiger partial charge in [0.15, 0.2) is 0 Å². The SMILES string of the molecule is CNC(=O)NCC1CC(O)C1. The molecule has 4 heteroatoms. The first-order valence-electron chi connectivity index (χ1n) is 3.86. The van der Waals surface area contributed by atoms with Crippen LogP contribution in [0.1, 0.15) is 12.8 Å². The third-order valence-electron chi connectivity index (χ3n) is 1.99. The van der Waals surface area contributed by atoms with Crippen LogP contribution in [0.25, 0.3) is 0 Å². The molecule has 2 amide bonds. The van der Waals surface area contributed by atoms with Crippen LogP contribution in [0, 0.1) is 5.92 Å². The molecule has 3 N–H and O–H groups in total. The van der Waals surface area contributed by atoms with Crippen molar-refractivity contribution in [2.75, 3.05) is 13.6 Å². The summed E-state index contributed by atoms with van der Waals surface area (Å²) in [6, 6.07) is -0.147. The molecule has 11 heavy (non-hydrogen) atoms. The van der Waals surface area contributed by atoms with Crippen molar-refractivity contribution in [2.24, 2.45) is 5.92 Å². The van der Waals surface area contributed by atoms with Gasteiger partial charge in [0.2, 0.25) is 0 Å². The van der Waals surface area contributed by atoms with E-state index in [0.717, 1.165) is 12.8 Å². The van der Waals surface area contributed by atoms with Crippen LogP contribution in [-0.4, -0.2) is 30.8 Å². The molecule has 1 saturated carbocycles. The van der Waals surface area contributed by atoms with E-state index in [9.17, 15) is 4.79 Å². The first-order chi connectivity index (χ1) is 5.22. The number of carbonyl (C=O) groups is 1. The van der Waals surface area contributed by atoms with Crippen molar-refractivity contribution in [2.45, 2.75) is 18.9 Å². The van der Waals surface area contributed by atoms with Crippen LogP contribution in [-0.2, 0) is 0 Å². The maximum absolute atomic E-state index is 10.7. The zero-order valence-corrected chi connectivity index (χ0v) is 6.63. The van der Waals surface area contributed by atoms with Crippen molar-refractivity contribution < 1.29 is 9.90 Å². The van der Waals surface area contributed by atoms with Gasteiger partial charge in [0.1, 0.15) is 0 Å². The topological polar surface area (TPSA) is 61.4 Å². The normalized spacial score (nSPS) is 28.9. The highest BCUT2D eigenvalue weighted by atomic mass is 16.3. The lowest BCUT2D eigenvalue weighted by atomic mass is 9.82. The number of carbonyl (C=O) groups excluding carboxylic acids is 1. The van der Waals surface area contributed by atoms with Crippen molar-refractivity contribution >= 4 is 6.03 Å². The first-order valence-corrected chi connectivity index (χ1v) is 3.86. The van der Waals surface area contributed by atoms with Crippen LogP contribution in [0.3, 0.4) is 0 Å². The number of amides is 2. The predicted molar refractivity (Wildman–Crippen MR) is 41.2 cm³/mol. The summed E-state index contributed by atoms with van der Waals surface area (Å²) in [5.41, 5.74) is 0. The lowest BCUT2D eigenvalue weighted by molar-refractivity contribution is 0.0441. The minimum Gasteiger partial charge on any atom is -0.393 e. The molecule has 1 rings (SSSR count). The third kappa shape index (κ3) is 2.38. The molecule has 0 bridgehead atoms. The van der Waals surface area contributed by atoms with Crippen LogP contribution in [0.2, 0.25) is 0 Å². The average molecular weight is 158 g/mol. The van der Waals surface area contributed by atoms with Gasteiger partial charge < -0.3 is 15.7 Å². The molecule has 0 aromatic rings. The molecule has 64 valence electrons. The molecular formula is C7H14N2O2. The fourth-order valence-electron chi connectivity index (χ4n) is 1.19. The van der Waals surface area contributed by atoms with Gasteiger partial charge in [-0.05, 0) is 18.8 Å². The number of hydrogen-bond donors (Lipinski definition) is 3. The van der Waals surface area contributed by atoms with E-state index < -0.39 is 0 Å². The minimum atomic E-state index is -0.147.